The lowest BCUT2D eigenvalue weighted by Gasteiger charge is -2.25. The zero-order chi connectivity index (χ0) is 10.7. The third kappa shape index (κ3) is 3.23. The first kappa shape index (κ1) is 13.0. The van der Waals surface area contributed by atoms with Gasteiger partial charge in [-0.2, -0.15) is 0 Å². The normalized spacial score (nSPS) is 16.8. The van der Waals surface area contributed by atoms with Crippen LogP contribution < -0.4 is 0 Å². The Labute approximate surface area is 99.4 Å². The van der Waals surface area contributed by atoms with Gasteiger partial charge < -0.3 is 14.3 Å². The maximum Gasteiger partial charge on any atom is 0.338 e. The molecule has 1 aliphatic rings. The van der Waals surface area contributed by atoms with Crippen molar-refractivity contribution in [1.82, 2.24) is 4.90 Å². The van der Waals surface area contributed by atoms with Crippen LogP contribution in [0.1, 0.15) is 16.1 Å². The Morgan fingerprint density at radius 3 is 2.69 bits per heavy atom. The minimum Gasteiger partial charge on any atom is -0.478 e. The lowest BCUT2D eigenvalue weighted by Crippen LogP contribution is -2.35. The number of morpholine rings is 1. The maximum atomic E-state index is 10.6. The third-order valence-electron chi connectivity index (χ3n) is 2.38. The third-order valence-corrected chi connectivity index (χ3v) is 2.38. The average Bonchev–Trinajstić information content (AvgIpc) is 2.68. The number of ether oxygens (including phenoxy) is 1. The molecule has 1 aliphatic heterocycles. The number of carboxylic acids is 1. The highest BCUT2D eigenvalue weighted by Gasteiger charge is 2.14. The summed E-state index contributed by atoms with van der Waals surface area (Å²) >= 11 is 0. The van der Waals surface area contributed by atoms with E-state index in [9.17, 15) is 4.79 Å². The van der Waals surface area contributed by atoms with Crippen molar-refractivity contribution in [2.45, 2.75) is 6.54 Å². The minimum atomic E-state index is -0.952. The van der Waals surface area contributed by atoms with Crippen LogP contribution in [0.15, 0.2) is 16.7 Å². The molecule has 0 aromatic carbocycles. The fraction of sp³-hybridized carbons (Fsp3) is 0.500. The fourth-order valence-corrected chi connectivity index (χ4v) is 1.56. The molecule has 1 N–H and O–H groups in total. The van der Waals surface area contributed by atoms with Crippen LogP contribution in [0.5, 0.6) is 0 Å². The predicted molar refractivity (Wildman–Crippen MR) is 59.0 cm³/mol. The van der Waals surface area contributed by atoms with Gasteiger partial charge in [0.25, 0.3) is 0 Å². The molecule has 0 bridgehead atoms. The standard InChI is InChI=1S/C10H13NO4.ClH/c12-10(13)8-5-9(15-7-8)6-11-1-3-14-4-2-11;/h5,7H,1-4,6H2,(H,12,13);1H. The molecule has 1 fully saturated rings. The number of nitrogens with zero attached hydrogens (tertiary/aromatic N) is 1. The summed E-state index contributed by atoms with van der Waals surface area (Å²) in [6.45, 7) is 3.84. The van der Waals surface area contributed by atoms with Gasteiger partial charge in [0.05, 0.1) is 25.3 Å². The molecule has 90 valence electrons. The van der Waals surface area contributed by atoms with Crippen molar-refractivity contribution in [2.75, 3.05) is 26.3 Å². The van der Waals surface area contributed by atoms with Gasteiger partial charge in [-0.1, -0.05) is 0 Å². The number of furan rings is 1. The van der Waals surface area contributed by atoms with Crippen LogP contribution in [0, 0.1) is 0 Å². The fourth-order valence-electron chi connectivity index (χ4n) is 1.56. The summed E-state index contributed by atoms with van der Waals surface area (Å²) in [5, 5.41) is 8.71. The quantitative estimate of drug-likeness (QED) is 0.871. The molecule has 5 nitrogen and oxygen atoms in total. The number of hydrogen-bond donors (Lipinski definition) is 1. The second kappa shape index (κ2) is 5.89. The maximum absolute atomic E-state index is 10.6. The van der Waals surface area contributed by atoms with Crippen molar-refractivity contribution in [2.24, 2.45) is 0 Å². The molecular formula is C10H14ClNO4. The van der Waals surface area contributed by atoms with E-state index >= 15 is 0 Å². The molecule has 16 heavy (non-hydrogen) atoms. The van der Waals surface area contributed by atoms with Gasteiger partial charge in [0.2, 0.25) is 0 Å². The Kier molecular flexibility index (Phi) is 4.79. The Morgan fingerprint density at radius 1 is 1.44 bits per heavy atom. The van der Waals surface area contributed by atoms with Gasteiger partial charge in [0.15, 0.2) is 0 Å². The van der Waals surface area contributed by atoms with Crippen molar-refractivity contribution < 1.29 is 19.1 Å². The molecular weight excluding hydrogens is 234 g/mol. The molecule has 0 spiro atoms. The second-order valence-electron chi connectivity index (χ2n) is 3.50. The van der Waals surface area contributed by atoms with E-state index in [1.54, 1.807) is 6.07 Å². The Balaban J connectivity index is 0.00000128. The first-order valence-electron chi connectivity index (χ1n) is 4.86. The van der Waals surface area contributed by atoms with Gasteiger partial charge in [-0.25, -0.2) is 4.79 Å². The molecule has 0 amide bonds. The summed E-state index contributed by atoms with van der Waals surface area (Å²) in [7, 11) is 0. The second-order valence-corrected chi connectivity index (χ2v) is 3.50. The van der Waals surface area contributed by atoms with E-state index in [4.69, 9.17) is 14.3 Å². The smallest absolute Gasteiger partial charge is 0.338 e. The highest BCUT2D eigenvalue weighted by atomic mass is 35.5. The highest BCUT2D eigenvalue weighted by molar-refractivity contribution is 5.87. The molecule has 2 heterocycles. The summed E-state index contributed by atoms with van der Waals surface area (Å²) in [4.78, 5) is 12.8. The number of halogens is 1. The monoisotopic (exact) mass is 247 g/mol. The zero-order valence-electron chi connectivity index (χ0n) is 8.72. The van der Waals surface area contributed by atoms with Crippen molar-refractivity contribution in [3.8, 4) is 0 Å². The van der Waals surface area contributed by atoms with E-state index in [-0.39, 0.29) is 18.0 Å². The first-order valence-corrected chi connectivity index (χ1v) is 4.86. The van der Waals surface area contributed by atoms with Crippen molar-refractivity contribution >= 4 is 18.4 Å². The SMILES string of the molecule is Cl.O=C(O)c1coc(CN2CCOCC2)c1. The summed E-state index contributed by atoms with van der Waals surface area (Å²) in [5.74, 6) is -0.263. The van der Waals surface area contributed by atoms with Crippen molar-refractivity contribution in [3.05, 3.63) is 23.7 Å². The van der Waals surface area contributed by atoms with Gasteiger partial charge in [-0.05, 0) is 6.07 Å². The number of rotatable bonds is 3. The molecule has 1 saturated heterocycles. The summed E-state index contributed by atoms with van der Waals surface area (Å²) in [6, 6.07) is 1.57. The molecule has 0 atom stereocenters. The Morgan fingerprint density at radius 2 is 2.12 bits per heavy atom. The summed E-state index contributed by atoms with van der Waals surface area (Å²) in [5.41, 5.74) is 0.207. The van der Waals surface area contributed by atoms with Crippen molar-refractivity contribution in [3.63, 3.8) is 0 Å². The van der Waals surface area contributed by atoms with Crippen LogP contribution in [0.3, 0.4) is 0 Å². The summed E-state index contributed by atoms with van der Waals surface area (Å²) in [6.07, 6.45) is 1.28. The number of aromatic carboxylic acids is 1. The van der Waals surface area contributed by atoms with E-state index < -0.39 is 5.97 Å². The molecule has 0 saturated carbocycles. The van der Waals surface area contributed by atoms with Gasteiger partial charge in [0.1, 0.15) is 12.0 Å². The number of hydrogen-bond acceptors (Lipinski definition) is 4. The van der Waals surface area contributed by atoms with Crippen LogP contribution >= 0.6 is 12.4 Å². The Hall–Kier alpha value is -1.04. The van der Waals surface area contributed by atoms with E-state index in [2.05, 4.69) is 4.90 Å². The first-order chi connectivity index (χ1) is 7.25. The van der Waals surface area contributed by atoms with Crippen molar-refractivity contribution in [1.29, 1.82) is 0 Å². The topological polar surface area (TPSA) is 62.9 Å². The lowest BCUT2D eigenvalue weighted by molar-refractivity contribution is 0.0313. The zero-order valence-corrected chi connectivity index (χ0v) is 9.53. The molecule has 6 heteroatoms. The van der Waals surface area contributed by atoms with Crippen LogP contribution in [-0.4, -0.2) is 42.3 Å². The van der Waals surface area contributed by atoms with E-state index in [1.165, 1.54) is 6.26 Å². The van der Waals surface area contributed by atoms with Crippen LogP contribution in [-0.2, 0) is 11.3 Å². The van der Waals surface area contributed by atoms with E-state index in [1.807, 2.05) is 0 Å². The van der Waals surface area contributed by atoms with Crippen LogP contribution in [0.2, 0.25) is 0 Å². The van der Waals surface area contributed by atoms with Crippen LogP contribution in [0.25, 0.3) is 0 Å². The molecule has 0 unspecified atom stereocenters. The molecule has 1 aromatic rings. The minimum absolute atomic E-state index is 0. The molecule has 0 radical (unpaired) electrons. The van der Waals surface area contributed by atoms with E-state index in [0.29, 0.717) is 12.3 Å². The molecule has 1 aromatic heterocycles. The van der Waals surface area contributed by atoms with Gasteiger partial charge in [0, 0.05) is 13.1 Å². The largest absolute Gasteiger partial charge is 0.478 e. The number of carbonyl (C=O) groups is 1. The lowest BCUT2D eigenvalue weighted by atomic mass is 10.3. The van der Waals surface area contributed by atoms with Gasteiger partial charge >= 0.3 is 5.97 Å². The highest BCUT2D eigenvalue weighted by Crippen LogP contribution is 2.11. The van der Waals surface area contributed by atoms with Gasteiger partial charge in [-0.15, -0.1) is 12.4 Å². The number of carboxylic acid groups (broad SMARTS) is 1. The Bertz CT molecular complexity index is 346. The molecule has 2 rings (SSSR count). The van der Waals surface area contributed by atoms with E-state index in [0.717, 1.165) is 26.3 Å². The molecule has 0 aliphatic carbocycles. The van der Waals surface area contributed by atoms with Gasteiger partial charge in [-0.3, -0.25) is 4.90 Å². The average molecular weight is 248 g/mol. The predicted octanol–water partition coefficient (Wildman–Crippen LogP) is 1.23. The summed E-state index contributed by atoms with van der Waals surface area (Å²) < 4.78 is 10.4. The van der Waals surface area contributed by atoms with Crippen LogP contribution in [0.4, 0.5) is 0 Å².